The first-order valence-electron chi connectivity index (χ1n) is 11.8. The van der Waals surface area contributed by atoms with Crippen molar-refractivity contribution in [1.29, 1.82) is 0 Å². The molecule has 1 nitrogen and oxygen atoms in total. The molecule has 1 aliphatic carbocycles. The SMILES string of the molecule is CCCCCc1ccc(C2(CCC)CCC(CC(=O)c3ccccc3)CC2)cc1. The average Bonchev–Trinajstić information content (AvgIpc) is 2.77. The molecule has 29 heavy (non-hydrogen) atoms. The minimum Gasteiger partial charge on any atom is -0.294 e. The average molecular weight is 391 g/mol. The second kappa shape index (κ2) is 10.8. The molecule has 0 saturated heterocycles. The van der Waals surface area contributed by atoms with Crippen molar-refractivity contribution >= 4 is 5.78 Å². The zero-order chi connectivity index (χ0) is 20.5. The van der Waals surface area contributed by atoms with E-state index < -0.39 is 0 Å². The summed E-state index contributed by atoms with van der Waals surface area (Å²) in [6.45, 7) is 4.58. The second-order valence-electron chi connectivity index (χ2n) is 9.12. The van der Waals surface area contributed by atoms with Crippen LogP contribution >= 0.6 is 0 Å². The van der Waals surface area contributed by atoms with Gasteiger partial charge in [0.05, 0.1) is 0 Å². The van der Waals surface area contributed by atoms with Crippen LogP contribution < -0.4 is 0 Å². The number of benzene rings is 2. The van der Waals surface area contributed by atoms with Gasteiger partial charge in [-0.3, -0.25) is 4.79 Å². The van der Waals surface area contributed by atoms with Crippen LogP contribution in [0.15, 0.2) is 54.6 Å². The minimum atomic E-state index is 0.315. The highest BCUT2D eigenvalue weighted by molar-refractivity contribution is 5.96. The molecular formula is C28H38O. The summed E-state index contributed by atoms with van der Waals surface area (Å²) in [7, 11) is 0. The number of rotatable bonds is 10. The molecule has 0 amide bonds. The number of hydrogen-bond donors (Lipinski definition) is 0. The summed E-state index contributed by atoms with van der Waals surface area (Å²) in [6.07, 6.45) is 13.1. The van der Waals surface area contributed by atoms with E-state index >= 15 is 0 Å². The Morgan fingerprint density at radius 2 is 1.59 bits per heavy atom. The van der Waals surface area contributed by atoms with Crippen molar-refractivity contribution < 1.29 is 4.79 Å². The van der Waals surface area contributed by atoms with Crippen LogP contribution in [0.4, 0.5) is 0 Å². The Hall–Kier alpha value is -1.89. The van der Waals surface area contributed by atoms with E-state index in [4.69, 9.17) is 0 Å². The Kier molecular flexibility index (Phi) is 8.09. The standard InChI is InChI=1S/C28H38O/c1-3-5-7-10-23-13-15-26(16-14-23)28(19-4-2)20-17-24(18-21-28)22-27(29)25-11-8-6-9-12-25/h6,8-9,11-16,24H,3-5,7,10,17-22H2,1-2H3. The third kappa shape index (κ3) is 5.81. The molecule has 0 aliphatic heterocycles. The van der Waals surface area contributed by atoms with Crippen molar-refractivity contribution in [3.05, 3.63) is 71.3 Å². The molecule has 0 atom stereocenters. The summed E-state index contributed by atoms with van der Waals surface area (Å²) >= 11 is 0. The summed E-state index contributed by atoms with van der Waals surface area (Å²) < 4.78 is 0. The third-order valence-electron chi connectivity index (χ3n) is 7.00. The van der Waals surface area contributed by atoms with Crippen molar-refractivity contribution in [3.8, 4) is 0 Å². The van der Waals surface area contributed by atoms with Crippen molar-refractivity contribution in [1.82, 2.24) is 0 Å². The van der Waals surface area contributed by atoms with Gasteiger partial charge in [-0.05, 0) is 67.4 Å². The first kappa shape index (κ1) is 21.8. The van der Waals surface area contributed by atoms with E-state index in [0.29, 0.717) is 23.5 Å². The molecule has 0 unspecified atom stereocenters. The number of Topliss-reactive ketones (excluding diaryl/α,β-unsaturated/α-hetero) is 1. The lowest BCUT2D eigenvalue weighted by Crippen LogP contribution is -2.32. The summed E-state index contributed by atoms with van der Waals surface area (Å²) in [5.41, 5.74) is 4.21. The van der Waals surface area contributed by atoms with E-state index in [1.54, 1.807) is 0 Å². The van der Waals surface area contributed by atoms with Crippen LogP contribution in [0.1, 0.15) is 99.5 Å². The van der Waals surface area contributed by atoms with Crippen LogP contribution in [0.2, 0.25) is 0 Å². The molecular weight excluding hydrogens is 352 g/mol. The van der Waals surface area contributed by atoms with Crippen molar-refractivity contribution in [2.45, 2.75) is 89.9 Å². The van der Waals surface area contributed by atoms with E-state index in [1.165, 1.54) is 75.3 Å². The Bertz CT molecular complexity index is 736. The first-order chi connectivity index (χ1) is 14.2. The summed E-state index contributed by atoms with van der Waals surface area (Å²) in [4.78, 5) is 12.6. The van der Waals surface area contributed by atoms with Crippen LogP contribution in [0.3, 0.4) is 0 Å². The molecule has 2 aromatic carbocycles. The van der Waals surface area contributed by atoms with Gasteiger partial charge in [0.15, 0.2) is 5.78 Å². The lowest BCUT2D eigenvalue weighted by molar-refractivity contribution is 0.0934. The van der Waals surface area contributed by atoms with Gasteiger partial charge in [0.25, 0.3) is 0 Å². The number of aryl methyl sites for hydroxylation is 1. The van der Waals surface area contributed by atoms with Crippen molar-refractivity contribution in [2.75, 3.05) is 0 Å². The molecule has 3 rings (SSSR count). The summed E-state index contributed by atoms with van der Waals surface area (Å²) in [5, 5.41) is 0. The van der Waals surface area contributed by atoms with Gasteiger partial charge in [0.1, 0.15) is 0 Å². The van der Waals surface area contributed by atoms with Gasteiger partial charge in [-0.25, -0.2) is 0 Å². The quantitative estimate of drug-likeness (QED) is 0.297. The molecule has 1 heteroatoms. The van der Waals surface area contributed by atoms with Gasteiger partial charge in [0, 0.05) is 12.0 Å². The smallest absolute Gasteiger partial charge is 0.163 e. The molecule has 156 valence electrons. The van der Waals surface area contributed by atoms with E-state index in [0.717, 1.165) is 5.56 Å². The number of unbranched alkanes of at least 4 members (excludes halogenated alkanes) is 2. The fourth-order valence-electron chi connectivity index (χ4n) is 5.20. The lowest BCUT2D eigenvalue weighted by Gasteiger charge is -2.41. The lowest BCUT2D eigenvalue weighted by atomic mass is 9.64. The Balaban J connectivity index is 1.61. The van der Waals surface area contributed by atoms with Crippen molar-refractivity contribution in [3.63, 3.8) is 0 Å². The molecule has 1 aliphatic rings. The van der Waals surface area contributed by atoms with Crippen LogP contribution in [-0.4, -0.2) is 5.78 Å². The molecule has 0 spiro atoms. The van der Waals surface area contributed by atoms with E-state index in [9.17, 15) is 4.79 Å². The summed E-state index contributed by atoms with van der Waals surface area (Å²) in [6, 6.07) is 19.4. The molecule has 0 aromatic heterocycles. The maximum Gasteiger partial charge on any atom is 0.163 e. The maximum absolute atomic E-state index is 12.6. The zero-order valence-electron chi connectivity index (χ0n) is 18.5. The van der Waals surface area contributed by atoms with Crippen LogP contribution in [0.25, 0.3) is 0 Å². The number of ketones is 1. The Labute approximate surface area is 177 Å². The molecule has 2 aromatic rings. The molecule has 1 saturated carbocycles. The fourth-order valence-corrected chi connectivity index (χ4v) is 5.20. The minimum absolute atomic E-state index is 0.315. The van der Waals surface area contributed by atoms with Gasteiger partial charge in [-0.1, -0.05) is 87.7 Å². The maximum atomic E-state index is 12.6. The normalized spacial score (nSPS) is 21.8. The highest BCUT2D eigenvalue weighted by atomic mass is 16.1. The predicted octanol–water partition coefficient (Wildman–Crippen LogP) is 7.92. The van der Waals surface area contributed by atoms with Gasteiger partial charge in [-0.15, -0.1) is 0 Å². The molecule has 0 N–H and O–H groups in total. The highest BCUT2D eigenvalue weighted by Crippen LogP contribution is 2.45. The van der Waals surface area contributed by atoms with E-state index in [1.807, 2.05) is 30.3 Å². The van der Waals surface area contributed by atoms with Crippen LogP contribution in [0, 0.1) is 5.92 Å². The second-order valence-corrected chi connectivity index (χ2v) is 9.12. The Morgan fingerprint density at radius 1 is 0.897 bits per heavy atom. The number of hydrogen-bond acceptors (Lipinski definition) is 1. The molecule has 0 heterocycles. The number of carbonyl (C=O) groups excluding carboxylic acids is 1. The number of carbonyl (C=O) groups is 1. The first-order valence-corrected chi connectivity index (χ1v) is 11.8. The Morgan fingerprint density at radius 3 is 2.21 bits per heavy atom. The van der Waals surface area contributed by atoms with Gasteiger partial charge >= 0.3 is 0 Å². The predicted molar refractivity (Wildman–Crippen MR) is 124 cm³/mol. The molecule has 0 bridgehead atoms. The fraction of sp³-hybridized carbons (Fsp3) is 0.536. The van der Waals surface area contributed by atoms with Gasteiger partial charge < -0.3 is 0 Å². The van der Waals surface area contributed by atoms with Gasteiger partial charge in [0.2, 0.25) is 0 Å². The van der Waals surface area contributed by atoms with Crippen molar-refractivity contribution in [2.24, 2.45) is 5.92 Å². The highest BCUT2D eigenvalue weighted by Gasteiger charge is 2.36. The topological polar surface area (TPSA) is 17.1 Å². The molecule has 1 fully saturated rings. The summed E-state index contributed by atoms with van der Waals surface area (Å²) in [5.74, 6) is 0.857. The van der Waals surface area contributed by atoms with Crippen LogP contribution in [-0.2, 0) is 11.8 Å². The van der Waals surface area contributed by atoms with E-state index in [2.05, 4.69) is 38.1 Å². The zero-order valence-corrected chi connectivity index (χ0v) is 18.5. The third-order valence-corrected chi connectivity index (χ3v) is 7.00. The van der Waals surface area contributed by atoms with Gasteiger partial charge in [-0.2, -0.15) is 0 Å². The monoisotopic (exact) mass is 390 g/mol. The largest absolute Gasteiger partial charge is 0.294 e. The van der Waals surface area contributed by atoms with E-state index in [-0.39, 0.29) is 0 Å². The van der Waals surface area contributed by atoms with Crippen LogP contribution in [0.5, 0.6) is 0 Å². The molecule has 0 radical (unpaired) electrons.